The van der Waals surface area contributed by atoms with E-state index in [1.54, 1.807) is 0 Å². The van der Waals surface area contributed by atoms with Crippen molar-refractivity contribution in [1.29, 1.82) is 0 Å². The monoisotopic (exact) mass is 386 g/mol. The molecule has 0 rings (SSSR count). The molecule has 0 aromatic carbocycles. The van der Waals surface area contributed by atoms with E-state index in [2.05, 4.69) is 4.31 Å². The molecule has 72 valence electrons. The molecular weight excluding hydrogens is 388 g/mol. The van der Waals surface area contributed by atoms with E-state index in [0.717, 1.165) is 0 Å². The van der Waals surface area contributed by atoms with Gasteiger partial charge in [0.2, 0.25) is 0 Å². The summed E-state index contributed by atoms with van der Waals surface area (Å²) in [7, 11) is -11.4. The van der Waals surface area contributed by atoms with Crippen molar-refractivity contribution in [3.63, 3.8) is 0 Å². The van der Waals surface area contributed by atoms with Crippen molar-refractivity contribution >= 4 is 15.6 Å². The van der Waals surface area contributed by atoms with Crippen LogP contribution in [0.5, 0.6) is 0 Å². The summed E-state index contributed by atoms with van der Waals surface area (Å²) in [6.45, 7) is 0. The van der Waals surface area contributed by atoms with Crippen molar-refractivity contribution in [3.8, 4) is 0 Å². The van der Waals surface area contributed by atoms with Crippen LogP contribution >= 0.6 is 15.6 Å². The van der Waals surface area contributed by atoms with Crippen LogP contribution in [0.1, 0.15) is 0 Å². The van der Waals surface area contributed by atoms with Crippen LogP contribution < -0.4 is 19.6 Å². The predicted molar refractivity (Wildman–Crippen MR) is 17.7 cm³/mol. The van der Waals surface area contributed by atoms with E-state index in [1.807, 2.05) is 0 Å². The van der Waals surface area contributed by atoms with Gasteiger partial charge in [0, 0.05) is 0 Å². The van der Waals surface area contributed by atoms with Gasteiger partial charge < -0.3 is 33.0 Å². The van der Waals surface area contributed by atoms with Gasteiger partial charge in [-0.2, -0.15) is 0 Å². The number of phosphoric acid groups is 2. The number of rotatable bonds is 2. The van der Waals surface area contributed by atoms with Gasteiger partial charge >= 0.3 is 55.1 Å². The van der Waals surface area contributed by atoms with Crippen molar-refractivity contribution < 1.29 is 88.1 Å². The molecule has 9 nitrogen and oxygen atoms in total. The maximum absolute atomic E-state index is 9.32. The maximum atomic E-state index is 9.32. The average molecular weight is 388 g/mol. The standard InChI is InChI=1S/H4O7P2.2O.2Zr/c1-8(2,3)7-9(4,5)6;;;;/h(H2,1,2,3)(H2,4,5,6);;;;/q;;;2*+2/p-4. The number of hydrogen-bond donors (Lipinski definition) is 0. The quantitative estimate of drug-likeness (QED) is 0.434. The van der Waals surface area contributed by atoms with E-state index in [1.165, 1.54) is 0 Å². The average Bonchev–Trinajstić information content (AvgIpc) is 1.88. The summed E-state index contributed by atoms with van der Waals surface area (Å²) < 4.78 is 37.8. The van der Waals surface area contributed by atoms with Crippen molar-refractivity contribution in [2.75, 3.05) is 0 Å². The third-order valence-electron chi connectivity index (χ3n) is 0.200. The SMILES string of the molecule is O=P([O-])([O-])OP(=O)([O-])[O-].[O]=[Zr+2].[O]=[Zr+2]. The van der Waals surface area contributed by atoms with E-state index < -0.39 is 15.6 Å². The van der Waals surface area contributed by atoms with E-state index in [9.17, 15) is 28.7 Å². The first-order valence-electron chi connectivity index (χ1n) is 1.87. The van der Waals surface area contributed by atoms with Gasteiger partial charge in [-0.15, -0.1) is 0 Å². The van der Waals surface area contributed by atoms with Crippen molar-refractivity contribution in [1.82, 2.24) is 0 Å². The van der Waals surface area contributed by atoms with Gasteiger partial charge in [-0.25, -0.2) is 0 Å². The molecule has 0 N–H and O–H groups in total. The Morgan fingerprint density at radius 1 is 0.769 bits per heavy atom. The molecule has 0 radical (unpaired) electrons. The van der Waals surface area contributed by atoms with Crippen LogP contribution in [0.15, 0.2) is 0 Å². The Morgan fingerprint density at radius 3 is 0.923 bits per heavy atom. The molecule has 13 heteroatoms. The molecule has 0 aliphatic carbocycles. The van der Waals surface area contributed by atoms with Crippen molar-refractivity contribution in [2.24, 2.45) is 0 Å². The Balaban J connectivity index is -0.000000218. The summed E-state index contributed by atoms with van der Waals surface area (Å²) in [5, 5.41) is 0. The minimum atomic E-state index is -5.68. The van der Waals surface area contributed by atoms with Gasteiger partial charge in [0.15, 0.2) is 0 Å². The molecule has 0 aromatic rings. The van der Waals surface area contributed by atoms with E-state index in [4.69, 9.17) is 5.63 Å². The van der Waals surface area contributed by atoms with Crippen molar-refractivity contribution in [3.05, 3.63) is 0 Å². The third-order valence-corrected chi connectivity index (χ3v) is 1.80. The Labute approximate surface area is 103 Å². The van der Waals surface area contributed by atoms with E-state index in [-0.39, 0.29) is 0 Å². The van der Waals surface area contributed by atoms with Gasteiger partial charge in [0.25, 0.3) is 0 Å². The fourth-order valence-corrected chi connectivity index (χ4v) is 1.10. The van der Waals surface area contributed by atoms with Gasteiger partial charge in [-0.1, -0.05) is 0 Å². The molecule has 0 heterocycles. The molecule has 0 aliphatic rings. The minimum absolute atomic E-state index is 0.300. The van der Waals surface area contributed by atoms with Crippen LogP contribution in [0.25, 0.3) is 0 Å². The molecule has 0 aromatic heterocycles. The van der Waals surface area contributed by atoms with Crippen molar-refractivity contribution in [2.45, 2.75) is 0 Å². The Hall–Kier alpha value is 1.63. The first kappa shape index (κ1) is 20.1. The molecule has 0 fully saturated rings. The van der Waals surface area contributed by atoms with Gasteiger partial charge in [0.1, 0.15) is 0 Å². The second kappa shape index (κ2) is 10.2. The number of hydrogen-bond acceptors (Lipinski definition) is 9. The molecule has 0 spiro atoms. The zero-order valence-corrected chi connectivity index (χ0v) is 12.3. The second-order valence-corrected chi connectivity index (χ2v) is 3.42. The molecule has 0 amide bonds. The molecular formula is O9P2Zr2. The predicted octanol–water partition coefficient (Wildman–Crippen LogP) is -3.58. The third kappa shape index (κ3) is 31.7. The Bertz CT molecular complexity index is 178. The van der Waals surface area contributed by atoms with Crippen LogP contribution in [-0.2, 0) is 68.5 Å². The molecule has 0 aliphatic heterocycles. The summed E-state index contributed by atoms with van der Waals surface area (Å²) in [6, 6.07) is 0. The van der Waals surface area contributed by atoms with Crippen LogP contribution in [0.4, 0.5) is 0 Å². The molecule has 0 atom stereocenters. The molecule has 0 saturated heterocycles. The molecule has 13 heavy (non-hydrogen) atoms. The topological polar surface area (TPSA) is 170 Å². The first-order chi connectivity index (χ1) is 5.71. The summed E-state index contributed by atoms with van der Waals surface area (Å²) in [5.74, 6) is 0. The Morgan fingerprint density at radius 2 is 0.923 bits per heavy atom. The van der Waals surface area contributed by atoms with Crippen LogP contribution in [-0.4, -0.2) is 0 Å². The summed E-state index contributed by atoms with van der Waals surface area (Å²) in [5.41, 5.74) is 0. The van der Waals surface area contributed by atoms with Crippen LogP contribution in [0, 0.1) is 0 Å². The van der Waals surface area contributed by atoms with E-state index in [0.29, 0.717) is 49.4 Å². The summed E-state index contributed by atoms with van der Waals surface area (Å²) in [6.07, 6.45) is 0. The van der Waals surface area contributed by atoms with Gasteiger partial charge in [-0.3, -0.25) is 0 Å². The van der Waals surface area contributed by atoms with Crippen LogP contribution in [0.3, 0.4) is 0 Å². The normalized spacial score (nSPS) is 10.5. The first-order valence-corrected chi connectivity index (χ1v) is 6.80. The summed E-state index contributed by atoms with van der Waals surface area (Å²) in [4.78, 5) is 37.3. The second-order valence-electron chi connectivity index (χ2n) is 0.976. The van der Waals surface area contributed by atoms with E-state index >= 15 is 0 Å². The summed E-state index contributed by atoms with van der Waals surface area (Å²) >= 11 is 0.600. The fraction of sp³-hybridized carbons (Fsp3) is 0. The van der Waals surface area contributed by atoms with Gasteiger partial charge in [-0.05, 0) is 0 Å². The fourth-order valence-electron chi connectivity index (χ4n) is 0.122. The zero-order chi connectivity index (χ0) is 11.7. The van der Waals surface area contributed by atoms with Crippen LogP contribution in [0.2, 0.25) is 0 Å². The van der Waals surface area contributed by atoms with Gasteiger partial charge in [0.05, 0.1) is 15.6 Å². The molecule has 0 bridgehead atoms. The zero-order valence-electron chi connectivity index (χ0n) is 5.57. The Kier molecular flexibility index (Phi) is 15.7. The molecule has 0 unspecified atom stereocenters. The molecule has 0 saturated carbocycles.